The lowest BCUT2D eigenvalue weighted by Gasteiger charge is -2.44. The number of hydrogen-bond donors (Lipinski definition) is 0. The number of hydrogen-bond acceptors (Lipinski definition) is 3. The van der Waals surface area contributed by atoms with Crippen LogP contribution in [0.1, 0.15) is 31.4 Å². The van der Waals surface area contributed by atoms with Gasteiger partial charge in [0.15, 0.2) is 0 Å². The van der Waals surface area contributed by atoms with Crippen LogP contribution in [0.3, 0.4) is 0 Å². The summed E-state index contributed by atoms with van der Waals surface area (Å²) < 4.78 is 4.83. The molecule has 0 aromatic heterocycles. The number of rotatable bonds is 4. The number of methoxy groups -OCH3 is 1. The summed E-state index contributed by atoms with van der Waals surface area (Å²) in [6, 6.07) is 10.6. The topological polar surface area (TPSA) is 29.5 Å². The first-order valence-corrected chi connectivity index (χ1v) is 6.16. The molecule has 1 aromatic carbocycles. The van der Waals surface area contributed by atoms with Crippen molar-refractivity contribution in [2.75, 3.05) is 13.7 Å². The van der Waals surface area contributed by atoms with Crippen LogP contribution in [0.4, 0.5) is 0 Å². The van der Waals surface area contributed by atoms with Crippen molar-refractivity contribution in [2.45, 2.75) is 31.8 Å². The minimum Gasteiger partial charge on any atom is -0.468 e. The van der Waals surface area contributed by atoms with Crippen LogP contribution in [-0.4, -0.2) is 30.6 Å². The Morgan fingerprint density at radius 3 is 2.65 bits per heavy atom. The summed E-state index contributed by atoms with van der Waals surface area (Å²) in [5.74, 6) is -0.106. The van der Waals surface area contributed by atoms with Gasteiger partial charge in [-0.25, -0.2) is 0 Å². The maximum Gasteiger partial charge on any atom is 0.323 e. The van der Waals surface area contributed by atoms with E-state index >= 15 is 0 Å². The van der Waals surface area contributed by atoms with Crippen LogP contribution in [0, 0.1) is 0 Å². The lowest BCUT2D eigenvalue weighted by molar-refractivity contribution is -0.154. The van der Waals surface area contributed by atoms with E-state index in [9.17, 15) is 4.79 Å². The summed E-state index contributed by atoms with van der Waals surface area (Å²) in [4.78, 5) is 13.8. The number of likely N-dealkylation sites (tertiary alicyclic amines) is 1. The average Bonchev–Trinajstić information content (AvgIpc) is 2.35. The van der Waals surface area contributed by atoms with Gasteiger partial charge in [0.2, 0.25) is 0 Å². The summed E-state index contributed by atoms with van der Waals surface area (Å²) in [6.45, 7) is 3.14. The van der Waals surface area contributed by atoms with Crippen molar-refractivity contribution < 1.29 is 9.53 Å². The number of esters is 1. The van der Waals surface area contributed by atoms with Gasteiger partial charge in [-0.15, -0.1) is 0 Å². The fourth-order valence-corrected chi connectivity index (χ4v) is 2.51. The van der Waals surface area contributed by atoms with Crippen molar-refractivity contribution in [1.29, 1.82) is 0 Å². The standard InChI is InChI=1S/C14H19NO2/c1-3-12(11-7-5-4-6-8-11)15-10-9-13(15)14(16)17-2/h4-8,12-13H,3,9-10H2,1-2H3/t12-,13?/m1/s1. The molecule has 1 unspecified atom stereocenters. The molecular formula is C14H19NO2. The maximum absolute atomic E-state index is 11.6. The van der Waals surface area contributed by atoms with Crippen LogP contribution >= 0.6 is 0 Å². The summed E-state index contributed by atoms with van der Waals surface area (Å²) >= 11 is 0. The molecule has 1 aliphatic rings. The van der Waals surface area contributed by atoms with Crippen LogP contribution < -0.4 is 0 Å². The van der Waals surface area contributed by atoms with E-state index in [1.54, 1.807) is 0 Å². The van der Waals surface area contributed by atoms with Crippen molar-refractivity contribution in [1.82, 2.24) is 4.90 Å². The molecule has 1 fully saturated rings. The van der Waals surface area contributed by atoms with Crippen molar-refractivity contribution in [2.24, 2.45) is 0 Å². The average molecular weight is 233 g/mol. The van der Waals surface area contributed by atoms with Gasteiger partial charge in [-0.2, -0.15) is 0 Å². The Morgan fingerprint density at radius 2 is 2.18 bits per heavy atom. The monoisotopic (exact) mass is 233 g/mol. The zero-order valence-corrected chi connectivity index (χ0v) is 10.4. The predicted molar refractivity (Wildman–Crippen MR) is 66.6 cm³/mol. The van der Waals surface area contributed by atoms with E-state index in [0.717, 1.165) is 19.4 Å². The van der Waals surface area contributed by atoms with E-state index in [1.807, 2.05) is 18.2 Å². The Balaban J connectivity index is 2.12. The zero-order chi connectivity index (χ0) is 12.3. The molecule has 1 aliphatic heterocycles. The summed E-state index contributed by atoms with van der Waals surface area (Å²) in [5, 5.41) is 0. The third-order valence-electron chi connectivity index (χ3n) is 3.51. The van der Waals surface area contributed by atoms with E-state index in [2.05, 4.69) is 24.0 Å². The van der Waals surface area contributed by atoms with E-state index in [1.165, 1.54) is 12.7 Å². The van der Waals surface area contributed by atoms with Gasteiger partial charge in [0.25, 0.3) is 0 Å². The first-order chi connectivity index (χ1) is 8.27. The largest absolute Gasteiger partial charge is 0.468 e. The van der Waals surface area contributed by atoms with Crippen LogP contribution in [0.25, 0.3) is 0 Å². The minimum absolute atomic E-state index is 0.0508. The highest BCUT2D eigenvalue weighted by Gasteiger charge is 2.39. The number of carbonyl (C=O) groups excluding carboxylic acids is 1. The molecule has 0 aliphatic carbocycles. The Labute approximate surface area is 102 Å². The normalized spacial score (nSPS) is 21.6. The third kappa shape index (κ3) is 2.34. The first kappa shape index (κ1) is 12.1. The Hall–Kier alpha value is -1.35. The zero-order valence-electron chi connectivity index (χ0n) is 10.4. The fraction of sp³-hybridized carbons (Fsp3) is 0.500. The lowest BCUT2D eigenvalue weighted by Crippen LogP contribution is -2.54. The number of nitrogens with zero attached hydrogens (tertiary/aromatic N) is 1. The third-order valence-corrected chi connectivity index (χ3v) is 3.51. The van der Waals surface area contributed by atoms with Crippen molar-refractivity contribution in [3.63, 3.8) is 0 Å². The van der Waals surface area contributed by atoms with E-state index in [-0.39, 0.29) is 12.0 Å². The molecule has 0 saturated carbocycles. The molecule has 2 atom stereocenters. The molecule has 17 heavy (non-hydrogen) atoms. The molecule has 0 N–H and O–H groups in total. The smallest absolute Gasteiger partial charge is 0.323 e. The predicted octanol–water partition coefficient (Wildman–Crippen LogP) is 2.39. The van der Waals surface area contributed by atoms with Crippen molar-refractivity contribution >= 4 is 5.97 Å². The molecule has 1 aromatic rings. The molecule has 1 heterocycles. The molecule has 2 rings (SSSR count). The second-order valence-electron chi connectivity index (χ2n) is 4.40. The number of ether oxygens (including phenoxy) is 1. The summed E-state index contributed by atoms with van der Waals surface area (Å²) in [6.07, 6.45) is 1.92. The molecule has 92 valence electrons. The lowest BCUT2D eigenvalue weighted by atomic mass is 9.94. The maximum atomic E-state index is 11.6. The number of benzene rings is 1. The van der Waals surface area contributed by atoms with Gasteiger partial charge in [-0.05, 0) is 18.4 Å². The Bertz CT molecular complexity index is 377. The van der Waals surface area contributed by atoms with E-state index in [4.69, 9.17) is 4.74 Å². The van der Waals surface area contributed by atoms with Crippen LogP contribution in [0.2, 0.25) is 0 Å². The van der Waals surface area contributed by atoms with Crippen molar-refractivity contribution in [3.05, 3.63) is 35.9 Å². The number of carbonyl (C=O) groups is 1. The Morgan fingerprint density at radius 1 is 1.47 bits per heavy atom. The first-order valence-electron chi connectivity index (χ1n) is 6.16. The summed E-state index contributed by atoms with van der Waals surface area (Å²) in [5.41, 5.74) is 1.28. The Kier molecular flexibility index (Phi) is 3.79. The molecule has 0 amide bonds. The van der Waals surface area contributed by atoms with Gasteiger partial charge in [0, 0.05) is 12.6 Å². The highest BCUT2D eigenvalue weighted by atomic mass is 16.5. The van der Waals surface area contributed by atoms with Gasteiger partial charge in [-0.3, -0.25) is 9.69 Å². The quantitative estimate of drug-likeness (QED) is 0.748. The molecule has 3 nitrogen and oxygen atoms in total. The molecule has 0 bridgehead atoms. The molecule has 0 spiro atoms. The molecule has 3 heteroatoms. The second kappa shape index (κ2) is 5.32. The summed E-state index contributed by atoms with van der Waals surface area (Å²) in [7, 11) is 1.46. The molecule has 0 radical (unpaired) electrons. The van der Waals surface area contributed by atoms with E-state index < -0.39 is 0 Å². The van der Waals surface area contributed by atoms with Gasteiger partial charge >= 0.3 is 5.97 Å². The SMILES string of the molecule is CC[C@H](c1ccccc1)N1CCC1C(=O)OC. The van der Waals surface area contributed by atoms with E-state index in [0.29, 0.717) is 6.04 Å². The minimum atomic E-state index is -0.106. The van der Waals surface area contributed by atoms with Crippen molar-refractivity contribution in [3.8, 4) is 0 Å². The highest BCUT2D eigenvalue weighted by Crippen LogP contribution is 2.33. The molecule has 1 saturated heterocycles. The van der Waals surface area contributed by atoms with Gasteiger partial charge in [0.1, 0.15) is 6.04 Å². The van der Waals surface area contributed by atoms with Gasteiger partial charge in [0.05, 0.1) is 7.11 Å². The molecular weight excluding hydrogens is 214 g/mol. The second-order valence-corrected chi connectivity index (χ2v) is 4.40. The van der Waals surface area contributed by atoms with Crippen LogP contribution in [-0.2, 0) is 9.53 Å². The fourth-order valence-electron chi connectivity index (χ4n) is 2.51. The highest BCUT2D eigenvalue weighted by molar-refractivity contribution is 5.76. The van der Waals surface area contributed by atoms with Gasteiger partial charge in [-0.1, -0.05) is 37.3 Å². The van der Waals surface area contributed by atoms with Crippen LogP contribution in [0.15, 0.2) is 30.3 Å². The van der Waals surface area contributed by atoms with Crippen LogP contribution in [0.5, 0.6) is 0 Å². The van der Waals surface area contributed by atoms with Gasteiger partial charge < -0.3 is 4.74 Å².